The van der Waals surface area contributed by atoms with Gasteiger partial charge in [-0.2, -0.15) is 4.52 Å². The summed E-state index contributed by atoms with van der Waals surface area (Å²) in [6.07, 6.45) is 3.62. The van der Waals surface area contributed by atoms with Crippen LogP contribution in [0.5, 0.6) is 0 Å². The molecule has 0 saturated carbocycles. The first kappa shape index (κ1) is 15.2. The molecule has 1 fully saturated rings. The van der Waals surface area contributed by atoms with Crippen molar-refractivity contribution in [3.8, 4) is 0 Å². The monoisotopic (exact) mass is 342 g/mol. The highest BCUT2D eigenvalue weighted by molar-refractivity contribution is 7.09. The van der Waals surface area contributed by atoms with Crippen LogP contribution in [0, 0.1) is 0 Å². The van der Waals surface area contributed by atoms with E-state index in [0.717, 1.165) is 32.5 Å². The summed E-state index contributed by atoms with van der Waals surface area (Å²) in [4.78, 5) is 16.3. The first-order valence-electron chi connectivity index (χ1n) is 8.01. The lowest BCUT2D eigenvalue weighted by molar-refractivity contribution is 0.0908. The molecule has 3 aromatic rings. The first-order chi connectivity index (χ1) is 11.8. The SMILES string of the molecule is O=C(NC1CCN(Cc2cccs2)CC1)c1ccc2nnnn2c1. The molecule has 1 N–H and O–H groups in total. The summed E-state index contributed by atoms with van der Waals surface area (Å²) in [7, 11) is 0. The molecule has 0 atom stereocenters. The fourth-order valence-electron chi connectivity index (χ4n) is 3.00. The standard InChI is InChI=1S/C16H18N6OS/c23-16(12-3-4-15-18-19-20-22(15)10-12)17-13-5-7-21(8-6-13)11-14-2-1-9-24-14/h1-4,9-10,13H,5-8,11H2,(H,17,23). The summed E-state index contributed by atoms with van der Waals surface area (Å²) >= 11 is 1.80. The molecule has 1 saturated heterocycles. The number of nitrogens with one attached hydrogen (secondary N) is 1. The van der Waals surface area contributed by atoms with Gasteiger partial charge < -0.3 is 5.32 Å². The summed E-state index contributed by atoms with van der Waals surface area (Å²) in [6.45, 7) is 3.03. The van der Waals surface area contributed by atoms with Gasteiger partial charge in [-0.25, -0.2) is 0 Å². The van der Waals surface area contributed by atoms with Crippen molar-refractivity contribution in [2.75, 3.05) is 13.1 Å². The van der Waals surface area contributed by atoms with E-state index in [1.807, 2.05) is 0 Å². The van der Waals surface area contributed by atoms with Crippen molar-refractivity contribution >= 4 is 22.9 Å². The van der Waals surface area contributed by atoms with Gasteiger partial charge in [0.2, 0.25) is 0 Å². The quantitative estimate of drug-likeness (QED) is 0.779. The van der Waals surface area contributed by atoms with Gasteiger partial charge in [-0.1, -0.05) is 6.07 Å². The minimum atomic E-state index is -0.0656. The smallest absolute Gasteiger partial charge is 0.253 e. The van der Waals surface area contributed by atoms with Crippen LogP contribution in [0.25, 0.3) is 5.65 Å². The number of tetrazole rings is 1. The maximum absolute atomic E-state index is 12.4. The van der Waals surface area contributed by atoms with Crippen LogP contribution in [0.2, 0.25) is 0 Å². The normalized spacial score (nSPS) is 16.5. The number of fused-ring (bicyclic) bond motifs is 1. The van der Waals surface area contributed by atoms with Crippen molar-refractivity contribution in [2.45, 2.75) is 25.4 Å². The topological polar surface area (TPSA) is 75.4 Å². The van der Waals surface area contributed by atoms with Gasteiger partial charge in [-0.15, -0.1) is 16.4 Å². The first-order valence-corrected chi connectivity index (χ1v) is 8.89. The zero-order valence-corrected chi connectivity index (χ0v) is 13.9. The van der Waals surface area contributed by atoms with Gasteiger partial charge in [0.1, 0.15) is 0 Å². The van der Waals surface area contributed by atoms with Crippen molar-refractivity contribution in [1.29, 1.82) is 0 Å². The van der Waals surface area contributed by atoms with E-state index in [0.29, 0.717) is 11.2 Å². The number of likely N-dealkylation sites (tertiary alicyclic amines) is 1. The van der Waals surface area contributed by atoms with Gasteiger partial charge in [-0.05, 0) is 46.8 Å². The summed E-state index contributed by atoms with van der Waals surface area (Å²) in [5.41, 5.74) is 1.21. The molecule has 1 amide bonds. The van der Waals surface area contributed by atoms with E-state index in [1.165, 1.54) is 9.39 Å². The summed E-state index contributed by atoms with van der Waals surface area (Å²) in [5, 5.41) is 16.5. The van der Waals surface area contributed by atoms with Crippen molar-refractivity contribution in [1.82, 2.24) is 30.3 Å². The Bertz CT molecular complexity index is 822. The molecule has 0 aliphatic carbocycles. The van der Waals surface area contributed by atoms with Crippen molar-refractivity contribution < 1.29 is 4.79 Å². The number of thiophene rings is 1. The van der Waals surface area contributed by atoms with Crippen molar-refractivity contribution in [3.63, 3.8) is 0 Å². The van der Waals surface area contributed by atoms with Gasteiger partial charge >= 0.3 is 0 Å². The number of hydrogen-bond acceptors (Lipinski definition) is 6. The van der Waals surface area contributed by atoms with Crippen LogP contribution < -0.4 is 5.32 Å². The number of hydrogen-bond donors (Lipinski definition) is 1. The van der Waals surface area contributed by atoms with E-state index in [1.54, 1.807) is 29.7 Å². The molecule has 0 spiro atoms. The van der Waals surface area contributed by atoms with E-state index >= 15 is 0 Å². The van der Waals surface area contributed by atoms with E-state index in [2.05, 4.69) is 43.3 Å². The fourth-order valence-corrected chi connectivity index (χ4v) is 3.75. The van der Waals surface area contributed by atoms with E-state index in [-0.39, 0.29) is 11.9 Å². The van der Waals surface area contributed by atoms with Crippen LogP contribution in [0.3, 0.4) is 0 Å². The average molecular weight is 342 g/mol. The summed E-state index contributed by atoms with van der Waals surface area (Å²) in [6, 6.07) is 8.00. The van der Waals surface area contributed by atoms with Gasteiger partial charge in [-0.3, -0.25) is 9.69 Å². The maximum Gasteiger partial charge on any atom is 0.253 e. The molecule has 3 aromatic heterocycles. The molecule has 0 aromatic carbocycles. The largest absolute Gasteiger partial charge is 0.349 e. The van der Waals surface area contributed by atoms with Crippen LogP contribution in [-0.2, 0) is 6.54 Å². The molecule has 4 heterocycles. The number of pyridine rings is 1. The predicted molar refractivity (Wildman–Crippen MR) is 90.9 cm³/mol. The third-order valence-corrected chi connectivity index (χ3v) is 5.20. The highest BCUT2D eigenvalue weighted by Crippen LogP contribution is 2.17. The molecule has 0 radical (unpaired) electrons. The number of nitrogens with zero attached hydrogens (tertiary/aromatic N) is 5. The van der Waals surface area contributed by atoms with Crippen LogP contribution in [-0.4, -0.2) is 50.0 Å². The molecule has 8 heteroatoms. The number of amides is 1. The van der Waals surface area contributed by atoms with Gasteiger partial charge in [0, 0.05) is 36.8 Å². The lowest BCUT2D eigenvalue weighted by Gasteiger charge is -2.32. The van der Waals surface area contributed by atoms with Gasteiger partial charge in [0.25, 0.3) is 5.91 Å². The van der Waals surface area contributed by atoms with Crippen LogP contribution in [0.4, 0.5) is 0 Å². The fraction of sp³-hybridized carbons (Fsp3) is 0.375. The van der Waals surface area contributed by atoms with Crippen LogP contribution in [0.15, 0.2) is 35.8 Å². The summed E-state index contributed by atoms with van der Waals surface area (Å²) in [5.74, 6) is -0.0656. The Labute approximate surface area is 143 Å². The van der Waals surface area contributed by atoms with E-state index < -0.39 is 0 Å². The Kier molecular flexibility index (Phi) is 4.22. The second-order valence-corrected chi connectivity index (χ2v) is 7.03. The molecular weight excluding hydrogens is 324 g/mol. The molecule has 1 aliphatic rings. The van der Waals surface area contributed by atoms with Crippen LogP contribution in [0.1, 0.15) is 28.1 Å². The highest BCUT2D eigenvalue weighted by Gasteiger charge is 2.21. The van der Waals surface area contributed by atoms with Crippen molar-refractivity contribution in [3.05, 3.63) is 46.3 Å². The highest BCUT2D eigenvalue weighted by atomic mass is 32.1. The van der Waals surface area contributed by atoms with Gasteiger partial charge in [0.05, 0.1) is 5.56 Å². The Morgan fingerprint density at radius 3 is 2.96 bits per heavy atom. The number of piperidine rings is 1. The molecule has 0 unspecified atom stereocenters. The molecule has 124 valence electrons. The number of rotatable bonds is 4. The molecule has 1 aliphatic heterocycles. The second kappa shape index (κ2) is 6.66. The third-order valence-electron chi connectivity index (χ3n) is 4.34. The number of aromatic nitrogens is 4. The minimum absolute atomic E-state index is 0.0656. The van der Waals surface area contributed by atoms with Crippen molar-refractivity contribution in [2.24, 2.45) is 0 Å². The molecule has 7 nitrogen and oxygen atoms in total. The molecule has 0 bridgehead atoms. The lowest BCUT2D eigenvalue weighted by atomic mass is 10.0. The predicted octanol–water partition coefficient (Wildman–Crippen LogP) is 1.58. The minimum Gasteiger partial charge on any atom is -0.349 e. The van der Waals surface area contributed by atoms with E-state index in [9.17, 15) is 4.79 Å². The Morgan fingerprint density at radius 1 is 1.29 bits per heavy atom. The number of carbonyl (C=O) groups is 1. The number of carbonyl (C=O) groups excluding carboxylic acids is 1. The third kappa shape index (κ3) is 3.29. The maximum atomic E-state index is 12.4. The summed E-state index contributed by atoms with van der Waals surface area (Å²) < 4.78 is 1.51. The van der Waals surface area contributed by atoms with E-state index in [4.69, 9.17) is 0 Å². The zero-order valence-electron chi connectivity index (χ0n) is 13.1. The Morgan fingerprint density at radius 2 is 2.17 bits per heavy atom. The Balaban J connectivity index is 1.32. The molecule has 24 heavy (non-hydrogen) atoms. The molecular formula is C16H18N6OS. The van der Waals surface area contributed by atoms with Gasteiger partial charge in [0.15, 0.2) is 5.65 Å². The lowest BCUT2D eigenvalue weighted by Crippen LogP contribution is -2.44. The second-order valence-electron chi connectivity index (χ2n) is 6.00. The molecule has 4 rings (SSSR count). The zero-order chi connectivity index (χ0) is 16.4. The Hall–Kier alpha value is -2.32. The average Bonchev–Trinajstić information content (AvgIpc) is 3.27. The van der Waals surface area contributed by atoms with Crippen LogP contribution >= 0.6 is 11.3 Å².